The van der Waals surface area contributed by atoms with Gasteiger partial charge in [0.15, 0.2) is 5.82 Å². The molecule has 0 N–H and O–H groups in total. The van der Waals surface area contributed by atoms with Crippen LogP contribution in [0.25, 0.3) is 0 Å². The molecule has 3 aromatic rings. The summed E-state index contributed by atoms with van der Waals surface area (Å²) in [4.78, 5) is 1.24. The highest BCUT2D eigenvalue weighted by molar-refractivity contribution is 9.10. The second-order valence-corrected chi connectivity index (χ2v) is 8.98. The molecular weight excluding hydrogens is 440 g/mol. The first-order chi connectivity index (χ1) is 13.1. The quantitative estimate of drug-likeness (QED) is 0.317. The average molecular weight is 461 g/mol. The third-order valence-corrected chi connectivity index (χ3v) is 6.13. The SMILES string of the molecule is CSc1ccc(/C=N\n2c(SCc3ccc(Br)cc3)nnc2C(C)C)cc1. The van der Waals surface area contributed by atoms with Gasteiger partial charge < -0.3 is 0 Å². The van der Waals surface area contributed by atoms with E-state index in [1.54, 1.807) is 23.5 Å². The number of nitrogens with zero attached hydrogens (tertiary/aromatic N) is 4. The molecule has 0 unspecified atom stereocenters. The van der Waals surface area contributed by atoms with Gasteiger partial charge in [0.25, 0.3) is 0 Å². The molecule has 4 nitrogen and oxygen atoms in total. The highest BCUT2D eigenvalue weighted by Gasteiger charge is 2.15. The zero-order valence-corrected chi connectivity index (χ0v) is 18.7. The molecule has 0 aliphatic heterocycles. The molecule has 0 fully saturated rings. The maximum atomic E-state index is 4.67. The van der Waals surface area contributed by atoms with Crippen LogP contribution in [-0.2, 0) is 5.75 Å². The summed E-state index contributed by atoms with van der Waals surface area (Å²) in [6.07, 6.45) is 3.94. The Morgan fingerprint density at radius 3 is 2.41 bits per heavy atom. The minimum Gasteiger partial charge on any atom is -0.191 e. The lowest BCUT2D eigenvalue weighted by Gasteiger charge is -2.07. The Balaban J connectivity index is 1.80. The summed E-state index contributed by atoms with van der Waals surface area (Å²) in [6.45, 7) is 4.21. The highest BCUT2D eigenvalue weighted by atomic mass is 79.9. The normalized spacial score (nSPS) is 11.6. The van der Waals surface area contributed by atoms with Crippen LogP contribution in [0.4, 0.5) is 0 Å². The Bertz CT molecular complexity index is 903. The smallest absolute Gasteiger partial charge is 0.191 e. The fourth-order valence-electron chi connectivity index (χ4n) is 2.38. The second-order valence-electron chi connectivity index (χ2n) is 6.24. The van der Waals surface area contributed by atoms with E-state index in [4.69, 9.17) is 0 Å². The molecule has 1 aromatic heterocycles. The molecule has 0 aliphatic rings. The summed E-state index contributed by atoms with van der Waals surface area (Å²) in [7, 11) is 0. The van der Waals surface area contributed by atoms with Crippen molar-refractivity contribution in [3.05, 3.63) is 70.0 Å². The van der Waals surface area contributed by atoms with Gasteiger partial charge in [0.1, 0.15) is 0 Å². The van der Waals surface area contributed by atoms with Crippen LogP contribution in [-0.4, -0.2) is 27.3 Å². The maximum Gasteiger partial charge on any atom is 0.212 e. The van der Waals surface area contributed by atoms with Crippen molar-refractivity contribution in [1.82, 2.24) is 14.9 Å². The molecule has 140 valence electrons. The molecule has 0 aliphatic carbocycles. The minimum atomic E-state index is 0.246. The van der Waals surface area contributed by atoms with Crippen molar-refractivity contribution in [3.8, 4) is 0 Å². The summed E-state index contributed by atoms with van der Waals surface area (Å²) in [6, 6.07) is 16.7. The molecule has 0 saturated carbocycles. The first kappa shape index (κ1) is 20.2. The molecule has 0 saturated heterocycles. The first-order valence-corrected chi connectivity index (χ1v) is 11.6. The summed E-state index contributed by atoms with van der Waals surface area (Å²) in [5.41, 5.74) is 2.29. The summed E-state index contributed by atoms with van der Waals surface area (Å²) >= 11 is 6.84. The average Bonchev–Trinajstić information content (AvgIpc) is 3.09. The molecule has 0 spiro atoms. The van der Waals surface area contributed by atoms with Crippen molar-refractivity contribution >= 4 is 45.7 Å². The number of benzene rings is 2. The molecular formula is C20H21BrN4S2. The minimum absolute atomic E-state index is 0.246. The van der Waals surface area contributed by atoms with E-state index in [1.165, 1.54) is 10.5 Å². The maximum absolute atomic E-state index is 4.67. The van der Waals surface area contributed by atoms with Gasteiger partial charge >= 0.3 is 0 Å². The number of rotatable bonds is 7. The summed E-state index contributed by atoms with van der Waals surface area (Å²) in [5.74, 6) is 1.93. The van der Waals surface area contributed by atoms with Crippen LogP contribution in [0.1, 0.15) is 36.7 Å². The van der Waals surface area contributed by atoms with E-state index >= 15 is 0 Å². The Morgan fingerprint density at radius 1 is 1.07 bits per heavy atom. The molecule has 0 amide bonds. The lowest BCUT2D eigenvalue weighted by atomic mass is 10.2. The van der Waals surface area contributed by atoms with Gasteiger partial charge in [-0.3, -0.25) is 0 Å². The van der Waals surface area contributed by atoms with Crippen LogP contribution in [0.15, 0.2) is 68.2 Å². The Labute approximate surface area is 177 Å². The zero-order valence-electron chi connectivity index (χ0n) is 15.5. The van der Waals surface area contributed by atoms with Crippen molar-refractivity contribution in [1.29, 1.82) is 0 Å². The fourth-order valence-corrected chi connectivity index (χ4v) is 3.90. The van der Waals surface area contributed by atoms with Crippen LogP contribution in [0, 0.1) is 0 Å². The molecule has 7 heteroatoms. The van der Waals surface area contributed by atoms with Gasteiger partial charge in [-0.05, 0) is 41.6 Å². The number of halogens is 1. The van der Waals surface area contributed by atoms with Crippen molar-refractivity contribution in [2.75, 3.05) is 6.26 Å². The molecule has 27 heavy (non-hydrogen) atoms. The van der Waals surface area contributed by atoms with Crippen LogP contribution in [0.2, 0.25) is 0 Å². The van der Waals surface area contributed by atoms with Gasteiger partial charge in [-0.1, -0.05) is 65.8 Å². The van der Waals surface area contributed by atoms with E-state index in [-0.39, 0.29) is 5.92 Å². The standard InChI is InChI=1S/C20H21BrN4S2/c1-14(2)19-23-24-20(27-13-16-4-8-17(21)9-5-16)25(19)22-12-15-6-10-18(26-3)11-7-15/h4-12,14H,13H2,1-3H3/b22-12-. The van der Waals surface area contributed by atoms with E-state index in [2.05, 4.69) is 99.9 Å². The third-order valence-electron chi connectivity index (χ3n) is 3.87. The molecule has 0 bridgehead atoms. The van der Waals surface area contributed by atoms with Crippen LogP contribution >= 0.6 is 39.5 Å². The Morgan fingerprint density at radius 2 is 1.78 bits per heavy atom. The molecule has 3 rings (SSSR count). The molecule has 0 radical (unpaired) electrons. The Hall–Kier alpha value is -1.57. The van der Waals surface area contributed by atoms with Crippen molar-refractivity contribution in [3.63, 3.8) is 0 Å². The van der Waals surface area contributed by atoms with Crippen molar-refractivity contribution < 1.29 is 0 Å². The molecule has 1 heterocycles. The van der Waals surface area contributed by atoms with E-state index in [0.717, 1.165) is 26.8 Å². The molecule has 0 atom stereocenters. The van der Waals surface area contributed by atoms with E-state index < -0.39 is 0 Å². The second kappa shape index (κ2) is 9.57. The van der Waals surface area contributed by atoms with E-state index in [0.29, 0.717) is 0 Å². The van der Waals surface area contributed by atoms with Crippen LogP contribution < -0.4 is 0 Å². The van der Waals surface area contributed by atoms with Crippen molar-refractivity contribution in [2.24, 2.45) is 5.10 Å². The van der Waals surface area contributed by atoms with Crippen LogP contribution in [0.3, 0.4) is 0 Å². The van der Waals surface area contributed by atoms with Gasteiger partial charge in [-0.25, -0.2) is 0 Å². The van der Waals surface area contributed by atoms with Gasteiger partial charge in [0, 0.05) is 21.0 Å². The van der Waals surface area contributed by atoms with Crippen molar-refractivity contribution in [2.45, 2.75) is 35.6 Å². The predicted molar refractivity (Wildman–Crippen MR) is 119 cm³/mol. The van der Waals surface area contributed by atoms with Gasteiger partial charge in [0.2, 0.25) is 5.16 Å². The number of hydrogen-bond acceptors (Lipinski definition) is 5. The monoisotopic (exact) mass is 460 g/mol. The van der Waals surface area contributed by atoms with Gasteiger partial charge in [-0.2, -0.15) is 9.78 Å². The molecule has 2 aromatic carbocycles. The van der Waals surface area contributed by atoms with Gasteiger partial charge in [0.05, 0.1) is 6.21 Å². The first-order valence-electron chi connectivity index (χ1n) is 8.58. The number of aromatic nitrogens is 3. The summed E-state index contributed by atoms with van der Waals surface area (Å²) in [5, 5.41) is 14.2. The fraction of sp³-hybridized carbons (Fsp3) is 0.250. The van der Waals surface area contributed by atoms with Crippen LogP contribution in [0.5, 0.6) is 0 Å². The third kappa shape index (κ3) is 5.46. The van der Waals surface area contributed by atoms with Gasteiger partial charge in [-0.15, -0.1) is 22.0 Å². The number of hydrogen-bond donors (Lipinski definition) is 0. The summed E-state index contributed by atoms with van der Waals surface area (Å²) < 4.78 is 2.94. The predicted octanol–water partition coefficient (Wildman–Crippen LogP) is 6.06. The highest BCUT2D eigenvalue weighted by Crippen LogP contribution is 2.25. The van der Waals surface area contributed by atoms with E-state index in [1.807, 2.05) is 10.9 Å². The zero-order chi connectivity index (χ0) is 19.2. The largest absolute Gasteiger partial charge is 0.212 e. The Kier molecular flexibility index (Phi) is 7.15. The number of thioether (sulfide) groups is 2. The lowest BCUT2D eigenvalue weighted by molar-refractivity contribution is 0.667. The van der Waals surface area contributed by atoms with E-state index in [9.17, 15) is 0 Å². The lowest BCUT2D eigenvalue weighted by Crippen LogP contribution is -2.02. The topological polar surface area (TPSA) is 43.1 Å².